The summed E-state index contributed by atoms with van der Waals surface area (Å²) in [7, 11) is 0. The van der Waals surface area contributed by atoms with Crippen molar-refractivity contribution < 1.29 is 4.79 Å². The Morgan fingerprint density at radius 3 is 2.70 bits per heavy atom. The van der Waals surface area contributed by atoms with E-state index in [4.69, 9.17) is 28.2 Å². The van der Waals surface area contributed by atoms with Crippen molar-refractivity contribution in [2.24, 2.45) is 0 Å². The number of nitrogens with one attached hydrogen (secondary N) is 1. The van der Waals surface area contributed by atoms with Crippen molar-refractivity contribution in [1.29, 1.82) is 0 Å². The van der Waals surface area contributed by atoms with Crippen LogP contribution in [0.15, 0.2) is 24.3 Å². The molecule has 1 amide bonds. The molecule has 1 N–H and O–H groups in total. The van der Waals surface area contributed by atoms with Gasteiger partial charge in [0.25, 0.3) is 0 Å². The van der Waals surface area contributed by atoms with Crippen LogP contribution in [0.5, 0.6) is 0 Å². The van der Waals surface area contributed by atoms with Crippen LogP contribution in [0.2, 0.25) is 10.0 Å². The second kappa shape index (κ2) is 8.36. The molecule has 0 spiro atoms. The number of hydrogen-bond acceptors (Lipinski definition) is 4. The van der Waals surface area contributed by atoms with Crippen LogP contribution < -0.4 is 15.1 Å². The third-order valence-electron chi connectivity index (χ3n) is 4.63. The van der Waals surface area contributed by atoms with Gasteiger partial charge in [-0.25, -0.2) is 4.98 Å². The monoisotopic (exact) mass is 406 g/mol. The number of carbonyl (C=O) groups is 1. The van der Waals surface area contributed by atoms with Crippen LogP contribution in [0.4, 0.5) is 22.9 Å². The first kappa shape index (κ1) is 19.8. The van der Waals surface area contributed by atoms with Gasteiger partial charge in [-0.2, -0.15) is 0 Å². The predicted molar refractivity (Wildman–Crippen MR) is 114 cm³/mol. The van der Waals surface area contributed by atoms with Crippen LogP contribution in [-0.2, 0) is 4.79 Å². The van der Waals surface area contributed by atoms with E-state index in [1.165, 1.54) is 0 Å². The first-order valence-electron chi connectivity index (χ1n) is 9.23. The zero-order chi connectivity index (χ0) is 19.6. The molecule has 0 saturated carbocycles. The molecule has 1 aromatic heterocycles. The van der Waals surface area contributed by atoms with Crippen molar-refractivity contribution in [2.45, 2.75) is 33.6 Å². The van der Waals surface area contributed by atoms with E-state index in [-0.39, 0.29) is 12.5 Å². The van der Waals surface area contributed by atoms with Gasteiger partial charge in [0.2, 0.25) is 5.91 Å². The summed E-state index contributed by atoms with van der Waals surface area (Å²) in [5.41, 5.74) is 3.35. The Kier molecular flexibility index (Phi) is 6.12. The Morgan fingerprint density at radius 1 is 1.26 bits per heavy atom. The van der Waals surface area contributed by atoms with E-state index < -0.39 is 0 Å². The number of hydrogen-bond donors (Lipinski definition) is 1. The van der Waals surface area contributed by atoms with Crippen molar-refractivity contribution in [3.05, 3.63) is 40.0 Å². The molecule has 1 aliphatic rings. The highest BCUT2D eigenvalue weighted by Gasteiger charge is 2.29. The highest BCUT2D eigenvalue weighted by molar-refractivity contribution is 6.36. The van der Waals surface area contributed by atoms with Gasteiger partial charge in [-0.1, -0.05) is 36.5 Å². The van der Waals surface area contributed by atoms with Gasteiger partial charge >= 0.3 is 0 Å². The number of carbonyl (C=O) groups excluding carboxylic acids is 1. The number of aryl methyl sites for hydroxylation is 1. The standard InChI is InChI=1S/C20H24Cl2N4O/c1-4-6-9-25(5-2)17-10-13(3)23-20-19(17)24-18(27)12-26(20)16-8-7-14(21)11-15(16)22/h7-8,10-11H,4-6,9,12H2,1-3H3,(H,24,27). The molecule has 0 fully saturated rings. The lowest BCUT2D eigenvalue weighted by atomic mass is 10.1. The number of rotatable bonds is 6. The van der Waals surface area contributed by atoms with Crippen LogP contribution >= 0.6 is 23.2 Å². The van der Waals surface area contributed by atoms with E-state index in [9.17, 15) is 4.79 Å². The van der Waals surface area contributed by atoms with Gasteiger partial charge < -0.3 is 15.1 Å². The molecule has 7 heteroatoms. The SMILES string of the molecule is CCCCN(CC)c1cc(C)nc2c1NC(=O)CN2c1ccc(Cl)cc1Cl. The molecule has 2 aromatic rings. The molecule has 27 heavy (non-hydrogen) atoms. The van der Waals surface area contributed by atoms with Crippen LogP contribution in [-0.4, -0.2) is 30.5 Å². The Morgan fingerprint density at radius 2 is 2.04 bits per heavy atom. The molecule has 144 valence electrons. The number of halogens is 2. The molecule has 1 aromatic carbocycles. The van der Waals surface area contributed by atoms with Gasteiger partial charge in [0.05, 0.1) is 16.4 Å². The predicted octanol–water partition coefficient (Wildman–Crippen LogP) is 5.41. The maximum atomic E-state index is 12.5. The summed E-state index contributed by atoms with van der Waals surface area (Å²) in [5, 5.41) is 4.07. The molecule has 0 bridgehead atoms. The summed E-state index contributed by atoms with van der Waals surface area (Å²) in [6.07, 6.45) is 2.20. The summed E-state index contributed by atoms with van der Waals surface area (Å²) >= 11 is 12.5. The third-order valence-corrected chi connectivity index (χ3v) is 5.17. The highest BCUT2D eigenvalue weighted by Crippen LogP contribution is 2.42. The van der Waals surface area contributed by atoms with Crippen molar-refractivity contribution in [2.75, 3.05) is 34.8 Å². The first-order chi connectivity index (χ1) is 12.9. The van der Waals surface area contributed by atoms with Crippen molar-refractivity contribution in [3.63, 3.8) is 0 Å². The summed E-state index contributed by atoms with van der Waals surface area (Å²) in [6.45, 7) is 8.21. The second-order valence-electron chi connectivity index (χ2n) is 6.64. The Balaban J connectivity index is 2.12. The molecule has 0 saturated heterocycles. The van der Waals surface area contributed by atoms with Gasteiger partial charge in [0.1, 0.15) is 12.2 Å². The number of anilines is 4. The maximum Gasteiger partial charge on any atom is 0.244 e. The van der Waals surface area contributed by atoms with Gasteiger partial charge in [-0.15, -0.1) is 0 Å². The lowest BCUT2D eigenvalue weighted by Gasteiger charge is -2.34. The zero-order valence-corrected chi connectivity index (χ0v) is 17.4. The van der Waals surface area contributed by atoms with Crippen molar-refractivity contribution in [3.8, 4) is 0 Å². The average molecular weight is 407 g/mol. The van der Waals surface area contributed by atoms with Crippen LogP contribution in [0.3, 0.4) is 0 Å². The van der Waals surface area contributed by atoms with E-state index >= 15 is 0 Å². The Labute approximate surface area is 170 Å². The minimum atomic E-state index is -0.0908. The maximum absolute atomic E-state index is 12.5. The average Bonchev–Trinajstić information content (AvgIpc) is 2.62. The topological polar surface area (TPSA) is 48.5 Å². The zero-order valence-electron chi connectivity index (χ0n) is 15.9. The third kappa shape index (κ3) is 4.14. The number of fused-ring (bicyclic) bond motifs is 1. The molecule has 0 aliphatic carbocycles. The number of aromatic nitrogens is 1. The van der Waals surface area contributed by atoms with Crippen LogP contribution in [0, 0.1) is 6.92 Å². The minimum absolute atomic E-state index is 0.0908. The summed E-state index contributed by atoms with van der Waals surface area (Å²) in [5.74, 6) is 0.621. The van der Waals surface area contributed by atoms with Crippen LogP contribution in [0.1, 0.15) is 32.4 Å². The largest absolute Gasteiger partial charge is 0.370 e. The fourth-order valence-corrected chi connectivity index (χ4v) is 3.81. The number of benzene rings is 1. The number of pyridine rings is 1. The molecular formula is C20H24Cl2N4O. The van der Waals surface area contributed by atoms with Crippen LogP contribution in [0.25, 0.3) is 0 Å². The smallest absolute Gasteiger partial charge is 0.244 e. The van der Waals surface area contributed by atoms with Gasteiger partial charge in [0, 0.05) is 23.8 Å². The van der Waals surface area contributed by atoms with Gasteiger partial charge in [-0.3, -0.25) is 4.79 Å². The van der Waals surface area contributed by atoms with Crippen molar-refractivity contribution in [1.82, 2.24) is 4.98 Å². The lowest BCUT2D eigenvalue weighted by Crippen LogP contribution is -2.37. The second-order valence-corrected chi connectivity index (χ2v) is 7.49. The normalized spacial score (nSPS) is 13.4. The number of nitrogens with zero attached hydrogens (tertiary/aromatic N) is 3. The molecule has 0 atom stereocenters. The van der Waals surface area contributed by atoms with E-state index in [0.717, 1.165) is 48.7 Å². The Bertz CT molecular complexity index is 856. The van der Waals surface area contributed by atoms with Gasteiger partial charge in [0.15, 0.2) is 5.82 Å². The minimum Gasteiger partial charge on any atom is -0.370 e. The van der Waals surface area contributed by atoms with E-state index in [1.807, 2.05) is 24.0 Å². The summed E-state index contributed by atoms with van der Waals surface area (Å²) in [6, 6.07) is 7.31. The molecule has 5 nitrogen and oxygen atoms in total. The molecule has 3 rings (SSSR count). The molecule has 0 radical (unpaired) electrons. The fraction of sp³-hybridized carbons (Fsp3) is 0.400. The van der Waals surface area contributed by atoms with Crippen molar-refractivity contribution >= 4 is 52.0 Å². The number of amides is 1. The molecule has 2 heterocycles. The summed E-state index contributed by atoms with van der Waals surface area (Å²) < 4.78 is 0. The van der Waals surface area contributed by atoms with E-state index in [1.54, 1.807) is 12.1 Å². The van der Waals surface area contributed by atoms with E-state index in [0.29, 0.717) is 15.9 Å². The highest BCUT2D eigenvalue weighted by atomic mass is 35.5. The van der Waals surface area contributed by atoms with Gasteiger partial charge in [-0.05, 0) is 44.5 Å². The lowest BCUT2D eigenvalue weighted by molar-refractivity contribution is -0.115. The van der Waals surface area contributed by atoms with E-state index in [2.05, 4.69) is 24.1 Å². The first-order valence-corrected chi connectivity index (χ1v) is 9.99. The molecular weight excluding hydrogens is 383 g/mol. The Hall–Kier alpha value is -1.98. The molecule has 0 unspecified atom stereocenters. The summed E-state index contributed by atoms with van der Waals surface area (Å²) in [4.78, 5) is 21.3. The number of unbranched alkanes of at least 4 members (excludes halogenated alkanes) is 1. The quantitative estimate of drug-likeness (QED) is 0.695. The fourth-order valence-electron chi connectivity index (χ4n) is 3.30. The molecule has 1 aliphatic heterocycles.